The number of halogens is 2. The summed E-state index contributed by atoms with van der Waals surface area (Å²) in [6, 6.07) is 13.2. The highest BCUT2D eigenvalue weighted by Gasteiger charge is 2.14. The van der Waals surface area contributed by atoms with Gasteiger partial charge in [-0.1, -0.05) is 25.1 Å². The van der Waals surface area contributed by atoms with E-state index in [1.165, 1.54) is 15.2 Å². The minimum atomic E-state index is -0.148. The molecule has 0 amide bonds. The Morgan fingerprint density at radius 3 is 2.58 bits per heavy atom. The Balaban J connectivity index is 2.27. The van der Waals surface area contributed by atoms with E-state index in [9.17, 15) is 4.39 Å². The molecule has 2 rings (SSSR count). The largest absolute Gasteiger partial charge is 0.378 e. The molecule has 0 aromatic heterocycles. The molecule has 0 spiro atoms. The molecule has 3 heteroatoms. The highest BCUT2D eigenvalue weighted by molar-refractivity contribution is 14.1. The molecule has 0 aliphatic rings. The second-order valence-corrected chi connectivity index (χ2v) is 5.83. The molecule has 0 heterocycles. The summed E-state index contributed by atoms with van der Waals surface area (Å²) >= 11 is 2.29. The van der Waals surface area contributed by atoms with Gasteiger partial charge in [-0.05, 0) is 65.8 Å². The summed E-state index contributed by atoms with van der Waals surface area (Å²) in [5.74, 6) is -0.148. The lowest BCUT2D eigenvalue weighted by molar-refractivity contribution is 0.587. The Morgan fingerprint density at radius 2 is 1.95 bits per heavy atom. The first kappa shape index (κ1) is 14.3. The molecular formula is C16H17FIN. The second kappa shape index (κ2) is 6.37. The van der Waals surface area contributed by atoms with Gasteiger partial charge in [-0.25, -0.2) is 4.39 Å². The fourth-order valence-corrected chi connectivity index (χ4v) is 2.78. The van der Waals surface area contributed by atoms with Crippen LogP contribution in [0.5, 0.6) is 0 Å². The molecule has 1 atom stereocenters. The molecule has 0 saturated heterocycles. The Labute approximate surface area is 127 Å². The van der Waals surface area contributed by atoms with E-state index in [2.05, 4.69) is 60.0 Å². The van der Waals surface area contributed by atoms with Gasteiger partial charge in [0.25, 0.3) is 0 Å². The summed E-state index contributed by atoms with van der Waals surface area (Å²) in [6.45, 7) is 4.13. The zero-order valence-corrected chi connectivity index (χ0v) is 13.2. The monoisotopic (exact) mass is 369 g/mol. The molecule has 0 bridgehead atoms. The summed E-state index contributed by atoms with van der Waals surface area (Å²) < 4.78 is 15.1. The lowest BCUT2D eigenvalue weighted by atomic mass is 10.0. The SMILES string of the molecule is CCC(Nc1ccc(I)cc1C)c1ccccc1F. The quantitative estimate of drug-likeness (QED) is 0.721. The fourth-order valence-electron chi connectivity index (χ4n) is 2.13. The van der Waals surface area contributed by atoms with Crippen LogP contribution >= 0.6 is 22.6 Å². The molecular weight excluding hydrogens is 352 g/mol. The van der Waals surface area contributed by atoms with Gasteiger partial charge in [-0.2, -0.15) is 0 Å². The van der Waals surface area contributed by atoms with Crippen LogP contribution in [0, 0.1) is 16.3 Å². The van der Waals surface area contributed by atoms with Crippen LogP contribution in [0.3, 0.4) is 0 Å². The molecule has 0 saturated carbocycles. The van der Waals surface area contributed by atoms with E-state index in [4.69, 9.17) is 0 Å². The Bertz CT molecular complexity index is 568. The third-order valence-electron chi connectivity index (χ3n) is 3.21. The van der Waals surface area contributed by atoms with Crippen LogP contribution in [0.2, 0.25) is 0 Å². The highest BCUT2D eigenvalue weighted by atomic mass is 127. The van der Waals surface area contributed by atoms with Crippen molar-refractivity contribution in [1.29, 1.82) is 0 Å². The minimum absolute atomic E-state index is 0.0000359. The van der Waals surface area contributed by atoms with Gasteiger partial charge in [0.05, 0.1) is 6.04 Å². The maximum atomic E-state index is 13.9. The van der Waals surface area contributed by atoms with E-state index >= 15 is 0 Å². The normalized spacial score (nSPS) is 12.2. The van der Waals surface area contributed by atoms with Crippen LogP contribution in [0.25, 0.3) is 0 Å². The van der Waals surface area contributed by atoms with E-state index in [-0.39, 0.29) is 11.9 Å². The molecule has 0 fully saturated rings. The lowest BCUT2D eigenvalue weighted by Gasteiger charge is -2.20. The van der Waals surface area contributed by atoms with Gasteiger partial charge in [0.1, 0.15) is 5.82 Å². The van der Waals surface area contributed by atoms with Gasteiger partial charge in [-0.3, -0.25) is 0 Å². The molecule has 0 aliphatic heterocycles. The van der Waals surface area contributed by atoms with Crippen LogP contribution < -0.4 is 5.32 Å². The molecule has 1 nitrogen and oxygen atoms in total. The van der Waals surface area contributed by atoms with Gasteiger partial charge in [0.15, 0.2) is 0 Å². The second-order valence-electron chi connectivity index (χ2n) is 4.59. The van der Waals surface area contributed by atoms with Gasteiger partial charge in [0.2, 0.25) is 0 Å². The lowest BCUT2D eigenvalue weighted by Crippen LogP contribution is -2.12. The van der Waals surface area contributed by atoms with Crippen molar-refractivity contribution in [1.82, 2.24) is 0 Å². The fraction of sp³-hybridized carbons (Fsp3) is 0.250. The standard InChI is InChI=1S/C16H17FIN/c1-3-15(13-6-4-5-7-14(13)17)19-16-9-8-12(18)10-11(16)2/h4-10,15,19H,3H2,1-2H3. The molecule has 0 radical (unpaired) electrons. The molecule has 100 valence electrons. The average molecular weight is 369 g/mol. The number of anilines is 1. The van der Waals surface area contributed by atoms with Gasteiger partial charge in [-0.15, -0.1) is 0 Å². The number of aryl methyl sites for hydroxylation is 1. The van der Waals surface area contributed by atoms with E-state index in [0.29, 0.717) is 0 Å². The van der Waals surface area contributed by atoms with E-state index in [1.807, 2.05) is 12.1 Å². The summed E-state index contributed by atoms with van der Waals surface area (Å²) in [7, 11) is 0. The summed E-state index contributed by atoms with van der Waals surface area (Å²) in [5.41, 5.74) is 2.97. The van der Waals surface area contributed by atoms with Crippen molar-refractivity contribution in [2.75, 3.05) is 5.32 Å². The van der Waals surface area contributed by atoms with Crippen molar-refractivity contribution in [3.63, 3.8) is 0 Å². The van der Waals surface area contributed by atoms with Crippen LogP contribution in [0.1, 0.15) is 30.5 Å². The summed E-state index contributed by atoms with van der Waals surface area (Å²) in [6.07, 6.45) is 0.840. The molecule has 1 N–H and O–H groups in total. The van der Waals surface area contributed by atoms with Gasteiger partial charge < -0.3 is 5.32 Å². The Morgan fingerprint density at radius 1 is 1.21 bits per heavy atom. The highest BCUT2D eigenvalue weighted by Crippen LogP contribution is 2.27. The average Bonchev–Trinajstić information content (AvgIpc) is 2.39. The Hall–Kier alpha value is -1.10. The molecule has 2 aromatic rings. The van der Waals surface area contributed by atoms with E-state index in [0.717, 1.165) is 17.7 Å². The zero-order chi connectivity index (χ0) is 13.8. The topological polar surface area (TPSA) is 12.0 Å². The first-order chi connectivity index (χ1) is 9.11. The minimum Gasteiger partial charge on any atom is -0.378 e. The predicted molar refractivity (Wildman–Crippen MR) is 87.0 cm³/mol. The van der Waals surface area contributed by atoms with Crippen LogP contribution in [0.15, 0.2) is 42.5 Å². The smallest absolute Gasteiger partial charge is 0.128 e. The predicted octanol–water partition coefficient (Wildman–Crippen LogP) is 5.30. The summed E-state index contributed by atoms with van der Waals surface area (Å²) in [4.78, 5) is 0. The number of hydrogen-bond donors (Lipinski definition) is 1. The van der Waals surface area contributed by atoms with Gasteiger partial charge >= 0.3 is 0 Å². The third kappa shape index (κ3) is 3.47. The van der Waals surface area contributed by atoms with Crippen molar-refractivity contribution in [3.05, 3.63) is 63.0 Å². The van der Waals surface area contributed by atoms with Crippen molar-refractivity contribution in [3.8, 4) is 0 Å². The number of hydrogen-bond acceptors (Lipinski definition) is 1. The van der Waals surface area contributed by atoms with E-state index in [1.54, 1.807) is 6.07 Å². The Kier molecular flexibility index (Phi) is 4.80. The van der Waals surface area contributed by atoms with Crippen LogP contribution in [-0.4, -0.2) is 0 Å². The number of benzene rings is 2. The van der Waals surface area contributed by atoms with Crippen molar-refractivity contribution < 1.29 is 4.39 Å². The van der Waals surface area contributed by atoms with Gasteiger partial charge in [0, 0.05) is 14.8 Å². The zero-order valence-electron chi connectivity index (χ0n) is 11.1. The molecule has 0 aliphatic carbocycles. The maximum Gasteiger partial charge on any atom is 0.128 e. The third-order valence-corrected chi connectivity index (χ3v) is 3.88. The first-order valence-corrected chi connectivity index (χ1v) is 7.46. The molecule has 1 unspecified atom stereocenters. The maximum absolute atomic E-state index is 13.9. The first-order valence-electron chi connectivity index (χ1n) is 6.39. The van der Waals surface area contributed by atoms with Crippen molar-refractivity contribution in [2.24, 2.45) is 0 Å². The van der Waals surface area contributed by atoms with E-state index < -0.39 is 0 Å². The van der Waals surface area contributed by atoms with Crippen molar-refractivity contribution in [2.45, 2.75) is 26.3 Å². The van der Waals surface area contributed by atoms with Crippen LogP contribution in [0.4, 0.5) is 10.1 Å². The van der Waals surface area contributed by atoms with Crippen LogP contribution in [-0.2, 0) is 0 Å². The number of nitrogens with one attached hydrogen (secondary N) is 1. The summed E-state index contributed by atoms with van der Waals surface area (Å²) in [5, 5.41) is 3.44. The van der Waals surface area contributed by atoms with Crippen molar-refractivity contribution >= 4 is 28.3 Å². The molecule has 19 heavy (non-hydrogen) atoms. The number of rotatable bonds is 4. The molecule has 2 aromatic carbocycles.